The lowest BCUT2D eigenvalue weighted by Crippen LogP contribution is -2.68. The second-order valence-corrected chi connectivity index (χ2v) is 5.23. The Labute approximate surface area is 76.7 Å². The van der Waals surface area contributed by atoms with E-state index in [1.807, 2.05) is 0 Å². The molecule has 2 rings (SSSR count). The topological polar surface area (TPSA) is 0 Å². The summed E-state index contributed by atoms with van der Waals surface area (Å²) in [7, 11) is 0. The van der Waals surface area contributed by atoms with Gasteiger partial charge in [0, 0.05) is 0 Å². The second kappa shape index (κ2) is 2.27. The van der Waals surface area contributed by atoms with Crippen molar-refractivity contribution in [1.29, 1.82) is 0 Å². The zero-order valence-electron chi connectivity index (χ0n) is 8.98. The summed E-state index contributed by atoms with van der Waals surface area (Å²) in [6, 6.07) is 0. The summed E-state index contributed by atoms with van der Waals surface area (Å²) in [5, 5.41) is 0. The minimum Gasteiger partial charge on any atom is -0.0648 e. The van der Waals surface area contributed by atoms with Crippen LogP contribution in [0.25, 0.3) is 0 Å². The number of fused-ring (bicyclic) bond motifs is 1. The second-order valence-electron chi connectivity index (χ2n) is 5.23. The predicted octanol–water partition coefficient (Wildman–Crippen LogP) is 3.86. The molecule has 0 bridgehead atoms. The van der Waals surface area contributed by atoms with Crippen LogP contribution in [0, 0.1) is 22.7 Å². The summed E-state index contributed by atoms with van der Waals surface area (Å²) in [5.41, 5.74) is 1.56. The molecule has 0 radical (unpaired) electrons. The van der Waals surface area contributed by atoms with Gasteiger partial charge in [-0.2, -0.15) is 0 Å². The van der Waals surface area contributed by atoms with Crippen LogP contribution in [0.4, 0.5) is 0 Å². The van der Waals surface area contributed by atoms with Gasteiger partial charge in [-0.15, -0.1) is 0 Å². The van der Waals surface area contributed by atoms with Crippen molar-refractivity contribution in [3.8, 4) is 0 Å². The fourth-order valence-corrected chi connectivity index (χ4v) is 4.70. The van der Waals surface area contributed by atoms with E-state index in [0.29, 0.717) is 0 Å². The summed E-state index contributed by atoms with van der Waals surface area (Å²) in [6.45, 7) is 9.71. The van der Waals surface area contributed by atoms with Crippen molar-refractivity contribution in [3.05, 3.63) is 0 Å². The summed E-state index contributed by atoms with van der Waals surface area (Å²) in [5.74, 6) is 2.03. The molecule has 0 aromatic rings. The molecule has 0 N–H and O–H groups in total. The molecule has 0 aliphatic heterocycles. The molecule has 0 spiro atoms. The Kier molecular flexibility index (Phi) is 1.63. The number of rotatable bonds is 2. The van der Waals surface area contributed by atoms with Gasteiger partial charge in [-0.05, 0) is 48.3 Å². The molecule has 12 heavy (non-hydrogen) atoms. The smallest absolute Gasteiger partial charge is 0.0212 e. The van der Waals surface area contributed by atoms with Crippen molar-refractivity contribution < 1.29 is 0 Å². The first kappa shape index (κ1) is 8.59. The SMILES string of the molecule is CCC12CC(C)C1(CC)CC2C. The van der Waals surface area contributed by atoms with Crippen LogP contribution in [0.2, 0.25) is 0 Å². The van der Waals surface area contributed by atoms with Gasteiger partial charge in [0.2, 0.25) is 0 Å². The van der Waals surface area contributed by atoms with Crippen LogP contribution in [-0.4, -0.2) is 0 Å². The molecule has 0 heterocycles. The van der Waals surface area contributed by atoms with Crippen LogP contribution in [0.3, 0.4) is 0 Å². The standard InChI is InChI=1S/C12H22/c1-5-11-7-10(4)12(11,6-2)8-9(11)3/h9-10H,5-8H2,1-4H3. The monoisotopic (exact) mass is 166 g/mol. The average molecular weight is 166 g/mol. The van der Waals surface area contributed by atoms with Gasteiger partial charge in [0.15, 0.2) is 0 Å². The highest BCUT2D eigenvalue weighted by Crippen LogP contribution is 2.78. The summed E-state index contributed by atoms with van der Waals surface area (Å²) < 4.78 is 0. The molecule has 0 heteroatoms. The highest BCUT2D eigenvalue weighted by molar-refractivity contribution is 5.19. The van der Waals surface area contributed by atoms with Gasteiger partial charge in [0.05, 0.1) is 0 Å². The molecule has 0 amide bonds. The van der Waals surface area contributed by atoms with E-state index in [4.69, 9.17) is 0 Å². The van der Waals surface area contributed by atoms with E-state index in [2.05, 4.69) is 27.7 Å². The maximum absolute atomic E-state index is 2.46. The van der Waals surface area contributed by atoms with Crippen molar-refractivity contribution in [2.24, 2.45) is 22.7 Å². The van der Waals surface area contributed by atoms with Crippen LogP contribution in [0.5, 0.6) is 0 Å². The first-order valence-electron chi connectivity index (χ1n) is 5.63. The van der Waals surface area contributed by atoms with Gasteiger partial charge in [0.25, 0.3) is 0 Å². The molecule has 4 unspecified atom stereocenters. The first-order valence-corrected chi connectivity index (χ1v) is 5.63. The summed E-state index contributed by atoms with van der Waals surface area (Å²) >= 11 is 0. The highest BCUT2D eigenvalue weighted by atomic mass is 14.7. The van der Waals surface area contributed by atoms with Crippen LogP contribution in [0.1, 0.15) is 53.4 Å². The van der Waals surface area contributed by atoms with Gasteiger partial charge in [-0.1, -0.05) is 27.7 Å². The minimum atomic E-state index is 0.779. The Morgan fingerprint density at radius 1 is 0.917 bits per heavy atom. The van der Waals surface area contributed by atoms with Crippen molar-refractivity contribution in [1.82, 2.24) is 0 Å². The van der Waals surface area contributed by atoms with Crippen molar-refractivity contribution in [2.45, 2.75) is 53.4 Å². The van der Waals surface area contributed by atoms with Crippen molar-refractivity contribution >= 4 is 0 Å². The van der Waals surface area contributed by atoms with E-state index in [-0.39, 0.29) is 0 Å². The molecule has 0 saturated heterocycles. The van der Waals surface area contributed by atoms with E-state index >= 15 is 0 Å². The van der Waals surface area contributed by atoms with Crippen molar-refractivity contribution in [3.63, 3.8) is 0 Å². The molecule has 0 aromatic carbocycles. The Morgan fingerprint density at radius 3 is 1.42 bits per heavy atom. The fraction of sp³-hybridized carbons (Fsp3) is 1.00. The van der Waals surface area contributed by atoms with Gasteiger partial charge in [-0.25, -0.2) is 0 Å². The molecule has 0 nitrogen and oxygen atoms in total. The van der Waals surface area contributed by atoms with E-state index < -0.39 is 0 Å². The van der Waals surface area contributed by atoms with Crippen LogP contribution >= 0.6 is 0 Å². The average Bonchev–Trinajstić information content (AvgIpc) is 2.07. The molecule has 2 fully saturated rings. The van der Waals surface area contributed by atoms with Gasteiger partial charge < -0.3 is 0 Å². The third kappa shape index (κ3) is 0.592. The van der Waals surface area contributed by atoms with E-state index in [1.165, 1.54) is 25.7 Å². The van der Waals surface area contributed by atoms with Crippen LogP contribution in [-0.2, 0) is 0 Å². The highest BCUT2D eigenvalue weighted by Gasteiger charge is 2.70. The third-order valence-electron chi connectivity index (χ3n) is 5.48. The first-order chi connectivity index (χ1) is 5.63. The molecular formula is C12H22. The Morgan fingerprint density at radius 2 is 1.25 bits per heavy atom. The predicted molar refractivity (Wildman–Crippen MR) is 53.0 cm³/mol. The lowest BCUT2D eigenvalue weighted by atomic mass is 9.29. The summed E-state index contributed by atoms with van der Waals surface area (Å²) in [4.78, 5) is 0. The van der Waals surface area contributed by atoms with Gasteiger partial charge in [0.1, 0.15) is 0 Å². The minimum absolute atomic E-state index is 0.779. The molecule has 70 valence electrons. The molecule has 2 aliphatic carbocycles. The largest absolute Gasteiger partial charge is 0.0648 e. The maximum atomic E-state index is 2.46. The third-order valence-corrected chi connectivity index (χ3v) is 5.48. The molecule has 0 aromatic heterocycles. The van der Waals surface area contributed by atoms with E-state index in [0.717, 1.165) is 22.7 Å². The zero-order chi connectivity index (χ0) is 8.98. The van der Waals surface area contributed by atoms with E-state index in [1.54, 1.807) is 0 Å². The molecule has 4 atom stereocenters. The lowest BCUT2D eigenvalue weighted by Gasteiger charge is -2.76. The molecular weight excluding hydrogens is 144 g/mol. The van der Waals surface area contributed by atoms with Gasteiger partial charge in [-0.3, -0.25) is 0 Å². The Bertz CT molecular complexity index is 174. The molecule has 2 saturated carbocycles. The van der Waals surface area contributed by atoms with Gasteiger partial charge >= 0.3 is 0 Å². The van der Waals surface area contributed by atoms with Crippen LogP contribution in [0.15, 0.2) is 0 Å². The molecule has 2 aliphatic rings. The lowest BCUT2D eigenvalue weighted by molar-refractivity contribution is -0.271. The maximum Gasteiger partial charge on any atom is -0.0212 e. The number of hydrogen-bond donors (Lipinski definition) is 0. The fourth-order valence-electron chi connectivity index (χ4n) is 4.70. The van der Waals surface area contributed by atoms with E-state index in [9.17, 15) is 0 Å². The summed E-state index contributed by atoms with van der Waals surface area (Å²) in [6.07, 6.45) is 5.87. The zero-order valence-corrected chi connectivity index (χ0v) is 8.98. The van der Waals surface area contributed by atoms with Crippen molar-refractivity contribution in [2.75, 3.05) is 0 Å². The normalized spacial score (nSPS) is 57.0. The number of hydrogen-bond acceptors (Lipinski definition) is 0. The Balaban J connectivity index is 2.23. The van der Waals surface area contributed by atoms with Crippen LogP contribution < -0.4 is 0 Å². The Hall–Kier alpha value is 0. The quantitative estimate of drug-likeness (QED) is 0.584.